The van der Waals surface area contributed by atoms with Crippen molar-refractivity contribution in [2.24, 2.45) is 5.73 Å². The first kappa shape index (κ1) is 13.6. The molecule has 1 aromatic heterocycles. The number of aryl methyl sites for hydroxylation is 1. The van der Waals surface area contributed by atoms with Crippen LogP contribution in [-0.2, 0) is 0 Å². The monoisotopic (exact) mass is 300 g/mol. The van der Waals surface area contributed by atoms with Gasteiger partial charge in [0.25, 0.3) is 0 Å². The second-order valence-corrected chi connectivity index (χ2v) is 7.07. The van der Waals surface area contributed by atoms with Gasteiger partial charge in [-0.1, -0.05) is 53.7 Å². The molecule has 0 amide bonds. The number of hydrogen-bond acceptors (Lipinski definition) is 4. The summed E-state index contributed by atoms with van der Waals surface area (Å²) in [5, 5.41) is 0. The molecule has 4 heteroatoms. The molecular weight excluding hydrogens is 284 g/mol. The Labute approximate surface area is 127 Å². The highest BCUT2D eigenvalue weighted by Crippen LogP contribution is 2.31. The third-order valence-corrected chi connectivity index (χ3v) is 5.46. The van der Waals surface area contributed by atoms with E-state index in [1.54, 1.807) is 23.1 Å². The third kappa shape index (κ3) is 3.03. The van der Waals surface area contributed by atoms with Crippen LogP contribution in [0.4, 0.5) is 0 Å². The maximum Gasteiger partial charge on any atom is 0.151 e. The van der Waals surface area contributed by atoms with Crippen molar-refractivity contribution in [3.63, 3.8) is 0 Å². The molecule has 3 aromatic rings. The van der Waals surface area contributed by atoms with Crippen LogP contribution in [0.25, 0.3) is 10.2 Å². The number of rotatable bonds is 4. The van der Waals surface area contributed by atoms with Gasteiger partial charge in [0.15, 0.2) is 4.34 Å². The minimum absolute atomic E-state index is 0.0487. The van der Waals surface area contributed by atoms with E-state index in [9.17, 15) is 0 Å². The number of hydrogen-bond donors (Lipinski definition) is 1. The number of benzene rings is 2. The Morgan fingerprint density at radius 2 is 1.90 bits per heavy atom. The average Bonchev–Trinajstić information content (AvgIpc) is 2.88. The largest absolute Gasteiger partial charge is 0.323 e. The number of nitrogens with two attached hydrogens (primary N) is 1. The van der Waals surface area contributed by atoms with E-state index in [4.69, 9.17) is 5.73 Å². The van der Waals surface area contributed by atoms with Crippen molar-refractivity contribution < 1.29 is 0 Å². The molecule has 0 saturated carbocycles. The smallest absolute Gasteiger partial charge is 0.151 e. The molecule has 1 heterocycles. The third-order valence-electron chi connectivity index (χ3n) is 3.17. The summed E-state index contributed by atoms with van der Waals surface area (Å²) in [6, 6.07) is 16.7. The van der Waals surface area contributed by atoms with Gasteiger partial charge < -0.3 is 5.73 Å². The van der Waals surface area contributed by atoms with Gasteiger partial charge in [0.05, 0.1) is 10.2 Å². The molecule has 102 valence electrons. The summed E-state index contributed by atoms with van der Waals surface area (Å²) < 4.78 is 2.33. The molecule has 1 atom stereocenters. The molecule has 2 aromatic carbocycles. The van der Waals surface area contributed by atoms with Gasteiger partial charge in [-0.05, 0) is 24.6 Å². The highest BCUT2D eigenvalue weighted by molar-refractivity contribution is 8.01. The maximum atomic E-state index is 6.24. The van der Waals surface area contributed by atoms with Gasteiger partial charge in [-0.15, -0.1) is 11.3 Å². The number of para-hydroxylation sites is 1. The zero-order valence-electron chi connectivity index (χ0n) is 11.2. The molecule has 1 unspecified atom stereocenters. The molecule has 2 nitrogen and oxygen atoms in total. The predicted octanol–water partition coefficient (Wildman–Crippen LogP) is 4.40. The topological polar surface area (TPSA) is 38.9 Å². The van der Waals surface area contributed by atoms with Crippen molar-refractivity contribution in [2.75, 3.05) is 5.75 Å². The van der Waals surface area contributed by atoms with E-state index in [-0.39, 0.29) is 6.04 Å². The van der Waals surface area contributed by atoms with Gasteiger partial charge >= 0.3 is 0 Å². The molecule has 0 saturated heterocycles. The summed E-state index contributed by atoms with van der Waals surface area (Å²) in [4.78, 5) is 4.62. The first-order valence-electron chi connectivity index (χ1n) is 6.53. The van der Waals surface area contributed by atoms with Crippen LogP contribution in [0.15, 0.2) is 52.9 Å². The minimum Gasteiger partial charge on any atom is -0.323 e. The van der Waals surface area contributed by atoms with E-state index in [0.717, 1.165) is 15.6 Å². The van der Waals surface area contributed by atoms with Crippen molar-refractivity contribution in [1.82, 2.24) is 4.98 Å². The Morgan fingerprint density at radius 1 is 1.15 bits per heavy atom. The highest BCUT2D eigenvalue weighted by atomic mass is 32.2. The summed E-state index contributed by atoms with van der Waals surface area (Å²) >= 11 is 3.47. The van der Waals surface area contributed by atoms with Gasteiger partial charge in [-0.2, -0.15) is 0 Å². The molecule has 2 N–H and O–H groups in total. The first-order chi connectivity index (χ1) is 9.72. The summed E-state index contributed by atoms with van der Waals surface area (Å²) in [6.45, 7) is 2.09. The Balaban J connectivity index is 1.68. The normalized spacial score (nSPS) is 12.7. The van der Waals surface area contributed by atoms with Gasteiger partial charge in [-0.25, -0.2) is 4.98 Å². The molecule has 0 fully saturated rings. The first-order valence-corrected chi connectivity index (χ1v) is 8.33. The lowest BCUT2D eigenvalue weighted by Crippen LogP contribution is -2.12. The maximum absolute atomic E-state index is 6.24. The molecular formula is C16H16N2S2. The summed E-state index contributed by atoms with van der Waals surface area (Å²) in [5.74, 6) is 0.850. The average molecular weight is 300 g/mol. The fourth-order valence-corrected chi connectivity index (χ4v) is 4.07. The molecule has 0 spiro atoms. The van der Waals surface area contributed by atoms with E-state index in [1.807, 2.05) is 12.1 Å². The number of nitrogens with zero attached hydrogens (tertiary/aromatic N) is 1. The molecule has 0 aliphatic rings. The minimum atomic E-state index is 0.0487. The molecule has 0 bridgehead atoms. The Bertz CT molecular complexity index is 671. The fourth-order valence-electron chi connectivity index (χ4n) is 1.98. The predicted molar refractivity (Wildman–Crippen MR) is 88.5 cm³/mol. The quantitative estimate of drug-likeness (QED) is 0.726. The van der Waals surface area contributed by atoms with Gasteiger partial charge in [0.2, 0.25) is 0 Å². The molecule has 0 radical (unpaired) electrons. The van der Waals surface area contributed by atoms with E-state index >= 15 is 0 Å². The van der Waals surface area contributed by atoms with Gasteiger partial charge in [-0.3, -0.25) is 0 Å². The zero-order valence-corrected chi connectivity index (χ0v) is 12.9. The standard InChI is InChI=1S/C16H16N2S2/c1-11-6-8-12(9-7-11)13(17)10-19-16-18-14-4-2-3-5-15(14)20-16/h2-9,13H,10,17H2,1H3. The second-order valence-electron chi connectivity index (χ2n) is 4.78. The Morgan fingerprint density at radius 3 is 2.65 bits per heavy atom. The van der Waals surface area contributed by atoms with E-state index in [0.29, 0.717) is 0 Å². The molecule has 20 heavy (non-hydrogen) atoms. The van der Waals surface area contributed by atoms with E-state index in [1.165, 1.54) is 15.8 Å². The zero-order chi connectivity index (χ0) is 13.9. The number of thiazole rings is 1. The fraction of sp³-hybridized carbons (Fsp3) is 0.188. The van der Waals surface area contributed by atoms with Crippen molar-refractivity contribution in [3.8, 4) is 0 Å². The van der Waals surface area contributed by atoms with Gasteiger partial charge in [0.1, 0.15) is 0 Å². The molecule has 0 aliphatic carbocycles. The van der Waals surface area contributed by atoms with E-state index in [2.05, 4.69) is 48.3 Å². The molecule has 3 rings (SSSR count). The lowest BCUT2D eigenvalue weighted by Gasteiger charge is -2.10. The van der Waals surface area contributed by atoms with Crippen LogP contribution in [0, 0.1) is 6.92 Å². The van der Waals surface area contributed by atoms with Crippen LogP contribution in [0.2, 0.25) is 0 Å². The SMILES string of the molecule is Cc1ccc(C(N)CSc2nc3ccccc3s2)cc1. The Hall–Kier alpha value is -1.36. The van der Waals surface area contributed by atoms with Crippen LogP contribution in [0.5, 0.6) is 0 Å². The number of fused-ring (bicyclic) bond motifs is 1. The molecule has 0 aliphatic heterocycles. The Kier molecular flexibility index (Phi) is 4.05. The lowest BCUT2D eigenvalue weighted by atomic mass is 10.1. The van der Waals surface area contributed by atoms with Crippen molar-refractivity contribution in [3.05, 3.63) is 59.7 Å². The summed E-state index contributed by atoms with van der Waals surface area (Å²) in [6.07, 6.45) is 0. The highest BCUT2D eigenvalue weighted by Gasteiger charge is 2.09. The number of thioether (sulfide) groups is 1. The van der Waals surface area contributed by atoms with Crippen molar-refractivity contribution in [2.45, 2.75) is 17.3 Å². The van der Waals surface area contributed by atoms with Crippen LogP contribution in [0.1, 0.15) is 17.2 Å². The van der Waals surface area contributed by atoms with Crippen LogP contribution in [-0.4, -0.2) is 10.7 Å². The second kappa shape index (κ2) is 5.95. The summed E-state index contributed by atoms with van der Waals surface area (Å²) in [7, 11) is 0. The summed E-state index contributed by atoms with van der Waals surface area (Å²) in [5.41, 5.74) is 9.76. The lowest BCUT2D eigenvalue weighted by molar-refractivity contribution is 0.830. The number of aromatic nitrogens is 1. The van der Waals surface area contributed by atoms with E-state index < -0.39 is 0 Å². The van der Waals surface area contributed by atoms with Crippen molar-refractivity contribution >= 4 is 33.3 Å². The van der Waals surface area contributed by atoms with Gasteiger partial charge in [0, 0.05) is 11.8 Å². The van der Waals surface area contributed by atoms with Crippen LogP contribution < -0.4 is 5.73 Å². The van der Waals surface area contributed by atoms with Crippen LogP contribution >= 0.6 is 23.1 Å². The van der Waals surface area contributed by atoms with Crippen LogP contribution in [0.3, 0.4) is 0 Å². The van der Waals surface area contributed by atoms with Crippen molar-refractivity contribution in [1.29, 1.82) is 0 Å².